The number of hydrogen-bond donors (Lipinski definition) is 2. The van der Waals surface area contributed by atoms with E-state index in [0.717, 1.165) is 25.1 Å². The van der Waals surface area contributed by atoms with E-state index in [0.29, 0.717) is 16.6 Å². The summed E-state index contributed by atoms with van der Waals surface area (Å²) in [6.07, 6.45) is 5.34. The predicted octanol–water partition coefficient (Wildman–Crippen LogP) is 3.78. The average molecular weight is 306 g/mol. The topological polar surface area (TPSA) is 37.0 Å². The second-order valence-corrected chi connectivity index (χ2v) is 5.71. The lowest BCUT2D eigenvalue weighted by molar-refractivity contribution is 0.375. The Kier molecular flexibility index (Phi) is 4.36. The molecule has 0 saturated carbocycles. The van der Waals surface area contributed by atoms with Crippen molar-refractivity contribution in [3.8, 4) is 0 Å². The van der Waals surface area contributed by atoms with E-state index in [1.165, 1.54) is 6.07 Å². The van der Waals surface area contributed by atoms with E-state index in [1.807, 2.05) is 12.1 Å². The highest BCUT2D eigenvalue weighted by Gasteiger charge is 2.24. The van der Waals surface area contributed by atoms with Crippen molar-refractivity contribution in [2.45, 2.75) is 24.9 Å². The van der Waals surface area contributed by atoms with Crippen molar-refractivity contribution in [3.05, 3.63) is 59.1 Å². The lowest BCUT2D eigenvalue weighted by Gasteiger charge is -2.32. The molecule has 5 heteroatoms. The van der Waals surface area contributed by atoms with Crippen LogP contribution in [-0.2, 0) is 0 Å². The maximum absolute atomic E-state index is 14.0. The predicted molar refractivity (Wildman–Crippen MR) is 83.0 cm³/mol. The molecule has 2 unspecified atom stereocenters. The molecule has 3 nitrogen and oxygen atoms in total. The van der Waals surface area contributed by atoms with Crippen LogP contribution >= 0.6 is 11.6 Å². The third-order valence-corrected chi connectivity index (χ3v) is 4.02. The Morgan fingerprint density at radius 1 is 1.24 bits per heavy atom. The zero-order valence-electron chi connectivity index (χ0n) is 11.5. The molecule has 0 amide bonds. The quantitative estimate of drug-likeness (QED) is 0.906. The Labute approximate surface area is 128 Å². The summed E-state index contributed by atoms with van der Waals surface area (Å²) < 4.78 is 14.0. The minimum atomic E-state index is -0.207. The Morgan fingerprint density at radius 3 is 2.86 bits per heavy atom. The number of hydrogen-bond acceptors (Lipinski definition) is 3. The molecule has 2 atom stereocenters. The van der Waals surface area contributed by atoms with Crippen molar-refractivity contribution in [2.24, 2.45) is 0 Å². The summed E-state index contributed by atoms with van der Waals surface area (Å²) in [6, 6.07) is 8.89. The van der Waals surface area contributed by atoms with Crippen LogP contribution in [0.5, 0.6) is 0 Å². The van der Waals surface area contributed by atoms with Crippen LogP contribution in [0, 0.1) is 5.82 Å². The standard InChI is InChI=1S/C16H17ClFN3/c17-11-1-2-15(18)14(9-11)16-10-13(5-8-20-16)21-12-3-6-19-7-4-12/h1-4,6-7,9,13,16,20H,5,8,10H2,(H,19,21). The molecular weight excluding hydrogens is 289 g/mol. The van der Waals surface area contributed by atoms with Gasteiger partial charge in [0.25, 0.3) is 0 Å². The highest BCUT2D eigenvalue weighted by atomic mass is 35.5. The Balaban J connectivity index is 1.72. The molecule has 0 bridgehead atoms. The SMILES string of the molecule is Fc1ccc(Cl)cc1C1CC(Nc2ccncc2)CCN1. The van der Waals surface area contributed by atoms with Gasteiger partial charge in [0.05, 0.1) is 0 Å². The zero-order chi connectivity index (χ0) is 14.7. The molecule has 1 aliphatic rings. The number of halogens is 2. The molecule has 1 aromatic heterocycles. The summed E-state index contributed by atoms with van der Waals surface area (Å²) in [5.74, 6) is -0.207. The molecule has 110 valence electrons. The van der Waals surface area contributed by atoms with Crippen LogP contribution in [-0.4, -0.2) is 17.6 Å². The first kappa shape index (κ1) is 14.3. The fourth-order valence-electron chi connectivity index (χ4n) is 2.75. The molecule has 0 radical (unpaired) electrons. The summed E-state index contributed by atoms with van der Waals surface area (Å²) in [5, 5.41) is 7.41. The Morgan fingerprint density at radius 2 is 2.05 bits per heavy atom. The molecule has 1 fully saturated rings. The van der Waals surface area contributed by atoms with Crippen molar-refractivity contribution < 1.29 is 4.39 Å². The lowest BCUT2D eigenvalue weighted by atomic mass is 9.93. The Hall–Kier alpha value is -1.65. The third kappa shape index (κ3) is 3.52. The van der Waals surface area contributed by atoms with Gasteiger partial charge in [-0.25, -0.2) is 4.39 Å². The molecule has 21 heavy (non-hydrogen) atoms. The number of anilines is 1. The summed E-state index contributed by atoms with van der Waals surface area (Å²) in [5.41, 5.74) is 1.69. The summed E-state index contributed by atoms with van der Waals surface area (Å²) in [7, 11) is 0. The van der Waals surface area contributed by atoms with Crippen LogP contribution in [0.15, 0.2) is 42.7 Å². The maximum Gasteiger partial charge on any atom is 0.128 e. The van der Waals surface area contributed by atoms with E-state index in [2.05, 4.69) is 15.6 Å². The molecule has 3 rings (SSSR count). The van der Waals surface area contributed by atoms with Crippen molar-refractivity contribution in [2.75, 3.05) is 11.9 Å². The zero-order valence-corrected chi connectivity index (χ0v) is 12.3. The van der Waals surface area contributed by atoms with Gasteiger partial charge in [0.15, 0.2) is 0 Å². The highest BCUT2D eigenvalue weighted by Crippen LogP contribution is 2.28. The summed E-state index contributed by atoms with van der Waals surface area (Å²) in [6.45, 7) is 0.847. The van der Waals surface area contributed by atoms with Gasteiger partial charge < -0.3 is 10.6 Å². The van der Waals surface area contributed by atoms with E-state index < -0.39 is 0 Å². The van der Waals surface area contributed by atoms with Gasteiger partial charge in [-0.3, -0.25) is 4.98 Å². The van der Waals surface area contributed by atoms with Crippen LogP contribution in [0.1, 0.15) is 24.4 Å². The normalized spacial score (nSPS) is 22.0. The number of piperidine rings is 1. The molecule has 2 N–H and O–H groups in total. The van der Waals surface area contributed by atoms with Gasteiger partial charge in [-0.15, -0.1) is 0 Å². The minimum absolute atomic E-state index is 0.0169. The molecule has 0 aliphatic carbocycles. The van der Waals surface area contributed by atoms with E-state index in [1.54, 1.807) is 24.5 Å². The molecular formula is C16H17ClFN3. The van der Waals surface area contributed by atoms with E-state index in [9.17, 15) is 4.39 Å². The van der Waals surface area contributed by atoms with Gasteiger partial charge in [-0.2, -0.15) is 0 Å². The first-order valence-corrected chi connectivity index (χ1v) is 7.45. The van der Waals surface area contributed by atoms with Gasteiger partial charge in [0.1, 0.15) is 5.82 Å². The number of rotatable bonds is 3. The number of benzene rings is 1. The molecule has 1 aliphatic heterocycles. The van der Waals surface area contributed by atoms with E-state index in [-0.39, 0.29) is 11.9 Å². The van der Waals surface area contributed by atoms with Gasteiger partial charge >= 0.3 is 0 Å². The summed E-state index contributed by atoms with van der Waals surface area (Å²) in [4.78, 5) is 4.01. The second kappa shape index (κ2) is 6.41. The van der Waals surface area contributed by atoms with Crippen molar-refractivity contribution >= 4 is 17.3 Å². The van der Waals surface area contributed by atoms with E-state index in [4.69, 9.17) is 11.6 Å². The number of pyridine rings is 1. The van der Waals surface area contributed by atoms with E-state index >= 15 is 0 Å². The molecule has 1 aromatic carbocycles. The number of aromatic nitrogens is 1. The minimum Gasteiger partial charge on any atom is -0.382 e. The van der Waals surface area contributed by atoms with Gasteiger partial charge in [-0.1, -0.05) is 11.6 Å². The highest BCUT2D eigenvalue weighted by molar-refractivity contribution is 6.30. The van der Waals surface area contributed by atoms with Gasteiger partial charge in [0.2, 0.25) is 0 Å². The second-order valence-electron chi connectivity index (χ2n) is 5.27. The monoisotopic (exact) mass is 305 g/mol. The number of nitrogens with one attached hydrogen (secondary N) is 2. The maximum atomic E-state index is 14.0. The van der Waals surface area contributed by atoms with Crippen LogP contribution < -0.4 is 10.6 Å². The third-order valence-electron chi connectivity index (χ3n) is 3.79. The van der Waals surface area contributed by atoms with Crippen LogP contribution in [0.2, 0.25) is 5.02 Å². The fraction of sp³-hybridized carbons (Fsp3) is 0.312. The first-order valence-electron chi connectivity index (χ1n) is 7.07. The summed E-state index contributed by atoms with van der Waals surface area (Å²) >= 11 is 5.99. The number of nitrogens with zero attached hydrogens (tertiary/aromatic N) is 1. The lowest BCUT2D eigenvalue weighted by Crippen LogP contribution is -2.38. The molecule has 0 spiro atoms. The van der Waals surface area contributed by atoms with Crippen LogP contribution in [0.3, 0.4) is 0 Å². The largest absolute Gasteiger partial charge is 0.382 e. The molecule has 2 heterocycles. The van der Waals surface area contributed by atoms with Gasteiger partial charge in [-0.05, 0) is 49.7 Å². The first-order chi connectivity index (χ1) is 10.2. The van der Waals surface area contributed by atoms with Crippen LogP contribution in [0.4, 0.5) is 10.1 Å². The van der Waals surface area contributed by atoms with Crippen molar-refractivity contribution in [1.82, 2.24) is 10.3 Å². The smallest absolute Gasteiger partial charge is 0.128 e. The Bertz CT molecular complexity index is 606. The average Bonchev–Trinajstić information content (AvgIpc) is 2.51. The van der Waals surface area contributed by atoms with Gasteiger partial charge in [0, 0.05) is 40.8 Å². The van der Waals surface area contributed by atoms with Crippen molar-refractivity contribution in [1.29, 1.82) is 0 Å². The fourth-order valence-corrected chi connectivity index (χ4v) is 2.93. The molecule has 1 saturated heterocycles. The van der Waals surface area contributed by atoms with Crippen LogP contribution in [0.25, 0.3) is 0 Å². The van der Waals surface area contributed by atoms with Crippen molar-refractivity contribution in [3.63, 3.8) is 0 Å². The molecule has 2 aromatic rings.